The zero-order valence-corrected chi connectivity index (χ0v) is 14.2. The maximum Gasteiger partial charge on any atom is 0.236 e. The molecule has 0 unspecified atom stereocenters. The van der Waals surface area contributed by atoms with Crippen LogP contribution in [0.5, 0.6) is 0 Å². The average molecular weight is 329 g/mol. The molecule has 6 heteroatoms. The first-order valence-electron chi connectivity index (χ1n) is 8.21. The summed E-state index contributed by atoms with van der Waals surface area (Å²) in [7, 11) is 1.81. The smallest absolute Gasteiger partial charge is 0.236 e. The molecular weight excluding hydrogens is 306 g/mol. The van der Waals surface area contributed by atoms with Gasteiger partial charge in [0.25, 0.3) is 0 Å². The number of ketones is 1. The largest absolute Gasteiger partial charge is 0.378 e. The minimum Gasteiger partial charge on any atom is -0.378 e. The van der Waals surface area contributed by atoms with Crippen LogP contribution in [-0.4, -0.2) is 72.9 Å². The third-order valence-electron chi connectivity index (χ3n) is 4.35. The Morgan fingerprint density at radius 3 is 2.67 bits per heavy atom. The van der Waals surface area contributed by atoms with Gasteiger partial charge in [-0.2, -0.15) is 0 Å². The van der Waals surface area contributed by atoms with Gasteiger partial charge in [0.2, 0.25) is 5.91 Å². The molecule has 1 aliphatic rings. The molecule has 0 radical (unpaired) electrons. The molecule has 1 aromatic carbocycles. The number of benzene rings is 1. The highest BCUT2D eigenvalue weighted by Gasteiger charge is 2.21. The highest BCUT2D eigenvalue weighted by Crippen LogP contribution is 2.22. The van der Waals surface area contributed by atoms with E-state index in [4.69, 9.17) is 4.74 Å². The molecular formula is C18H23N3O3. The summed E-state index contributed by atoms with van der Waals surface area (Å²) in [6.07, 6.45) is 0. The van der Waals surface area contributed by atoms with Crippen LogP contribution in [0.2, 0.25) is 0 Å². The number of ether oxygens (including phenoxy) is 1. The average Bonchev–Trinajstić information content (AvgIpc) is 2.91. The number of nitrogens with one attached hydrogen (secondary N) is 1. The number of carbonyl (C=O) groups is 2. The first-order chi connectivity index (χ1) is 11.6. The van der Waals surface area contributed by atoms with E-state index in [1.165, 1.54) is 0 Å². The van der Waals surface area contributed by atoms with Crippen molar-refractivity contribution in [2.75, 3.05) is 46.4 Å². The van der Waals surface area contributed by atoms with E-state index in [-0.39, 0.29) is 24.8 Å². The van der Waals surface area contributed by atoms with E-state index in [1.54, 1.807) is 16.8 Å². The summed E-state index contributed by atoms with van der Waals surface area (Å²) in [6, 6.07) is 7.79. The molecule has 0 bridgehead atoms. The van der Waals surface area contributed by atoms with Crippen molar-refractivity contribution in [2.45, 2.75) is 6.92 Å². The molecule has 1 aliphatic heterocycles. The van der Waals surface area contributed by atoms with Crippen molar-refractivity contribution in [3.63, 3.8) is 0 Å². The van der Waals surface area contributed by atoms with Crippen LogP contribution in [0.25, 0.3) is 10.9 Å². The van der Waals surface area contributed by atoms with Gasteiger partial charge in [0, 0.05) is 35.2 Å². The zero-order chi connectivity index (χ0) is 17.1. The minimum atomic E-state index is 0.0298. The second-order valence-corrected chi connectivity index (χ2v) is 6.26. The van der Waals surface area contributed by atoms with E-state index in [2.05, 4.69) is 4.98 Å². The molecule has 1 N–H and O–H groups in total. The van der Waals surface area contributed by atoms with Crippen molar-refractivity contribution in [1.82, 2.24) is 14.8 Å². The van der Waals surface area contributed by atoms with E-state index in [0.717, 1.165) is 22.2 Å². The number of hydrogen-bond donors (Lipinski definition) is 1. The number of nitrogens with zero attached hydrogens (tertiary/aromatic N) is 2. The highest BCUT2D eigenvalue weighted by molar-refractivity contribution is 6.10. The van der Waals surface area contributed by atoms with Crippen LogP contribution < -0.4 is 0 Å². The molecule has 2 heterocycles. The molecule has 0 atom stereocenters. The fraction of sp³-hybridized carbons (Fsp3) is 0.444. The van der Waals surface area contributed by atoms with Crippen LogP contribution in [0.3, 0.4) is 0 Å². The van der Waals surface area contributed by atoms with Crippen LogP contribution in [0, 0.1) is 6.92 Å². The van der Waals surface area contributed by atoms with Crippen molar-refractivity contribution in [2.24, 2.45) is 0 Å². The molecule has 24 heavy (non-hydrogen) atoms. The summed E-state index contributed by atoms with van der Waals surface area (Å²) in [6.45, 7) is 4.80. The Morgan fingerprint density at radius 2 is 1.92 bits per heavy atom. The molecule has 1 aromatic heterocycles. The van der Waals surface area contributed by atoms with Gasteiger partial charge in [-0.25, -0.2) is 0 Å². The molecule has 3 rings (SSSR count). The number of likely N-dealkylation sites (N-methyl/N-ethyl adjacent to an activating group) is 1. The summed E-state index contributed by atoms with van der Waals surface area (Å²) < 4.78 is 5.26. The number of H-pyrrole nitrogens is 1. The van der Waals surface area contributed by atoms with Gasteiger partial charge in [0.05, 0.1) is 26.3 Å². The van der Waals surface area contributed by atoms with Gasteiger partial charge in [-0.3, -0.25) is 14.5 Å². The van der Waals surface area contributed by atoms with Crippen LogP contribution in [0.1, 0.15) is 16.1 Å². The lowest BCUT2D eigenvalue weighted by molar-refractivity contribution is -0.136. The number of fused-ring (bicyclic) bond motifs is 1. The Kier molecular flexibility index (Phi) is 4.97. The molecule has 2 aromatic rings. The maximum absolute atomic E-state index is 12.7. The van der Waals surface area contributed by atoms with Gasteiger partial charge >= 0.3 is 0 Å². The number of para-hydroxylation sites is 1. The Balaban J connectivity index is 1.65. The fourth-order valence-electron chi connectivity index (χ4n) is 3.16. The molecule has 1 amide bonds. The predicted octanol–water partition coefficient (Wildman–Crippen LogP) is 1.45. The predicted molar refractivity (Wildman–Crippen MR) is 92.3 cm³/mol. The monoisotopic (exact) mass is 329 g/mol. The van der Waals surface area contributed by atoms with Gasteiger partial charge in [-0.05, 0) is 20.0 Å². The van der Waals surface area contributed by atoms with E-state index in [1.807, 2.05) is 31.2 Å². The van der Waals surface area contributed by atoms with Crippen molar-refractivity contribution >= 4 is 22.6 Å². The normalized spacial score (nSPS) is 15.2. The molecule has 1 saturated heterocycles. The van der Waals surface area contributed by atoms with Gasteiger partial charge in [0.15, 0.2) is 5.78 Å². The van der Waals surface area contributed by atoms with Crippen molar-refractivity contribution in [3.05, 3.63) is 35.5 Å². The van der Waals surface area contributed by atoms with Gasteiger partial charge in [-0.15, -0.1) is 0 Å². The summed E-state index contributed by atoms with van der Waals surface area (Å²) in [4.78, 5) is 31.8. The summed E-state index contributed by atoms with van der Waals surface area (Å²) in [5.41, 5.74) is 2.55. The molecule has 0 spiro atoms. The van der Waals surface area contributed by atoms with Crippen LogP contribution >= 0.6 is 0 Å². The van der Waals surface area contributed by atoms with Crippen molar-refractivity contribution < 1.29 is 14.3 Å². The number of morpholine rings is 1. The fourth-order valence-corrected chi connectivity index (χ4v) is 3.16. The topological polar surface area (TPSA) is 65.6 Å². The number of hydrogen-bond acceptors (Lipinski definition) is 4. The van der Waals surface area contributed by atoms with Gasteiger partial charge in [-0.1, -0.05) is 18.2 Å². The summed E-state index contributed by atoms with van der Waals surface area (Å²) in [5, 5.41) is 0.938. The summed E-state index contributed by atoms with van der Waals surface area (Å²) in [5.74, 6) is 0.0754. The second-order valence-electron chi connectivity index (χ2n) is 6.26. The van der Waals surface area contributed by atoms with E-state index >= 15 is 0 Å². The lowest BCUT2D eigenvalue weighted by Gasteiger charge is -2.28. The highest BCUT2D eigenvalue weighted by atomic mass is 16.5. The second kappa shape index (κ2) is 7.15. The Morgan fingerprint density at radius 1 is 1.21 bits per heavy atom. The lowest BCUT2D eigenvalue weighted by atomic mass is 10.1. The molecule has 0 aliphatic carbocycles. The quantitative estimate of drug-likeness (QED) is 0.843. The van der Waals surface area contributed by atoms with E-state index in [9.17, 15) is 9.59 Å². The Hall–Kier alpha value is -2.18. The minimum absolute atomic E-state index is 0.0298. The molecule has 0 saturated carbocycles. The number of rotatable bonds is 5. The molecule has 6 nitrogen and oxygen atoms in total. The number of aromatic amines is 1. The SMILES string of the molecule is Cc1[nH]c2ccccc2c1C(=O)CN(C)CC(=O)N1CCOCC1. The lowest BCUT2D eigenvalue weighted by Crippen LogP contribution is -2.45. The van der Waals surface area contributed by atoms with E-state index in [0.29, 0.717) is 26.3 Å². The molecule has 1 fully saturated rings. The maximum atomic E-state index is 12.7. The standard InChI is InChI=1S/C18H23N3O3/c1-13-18(14-5-3-4-6-15(14)19-13)16(22)11-20(2)12-17(23)21-7-9-24-10-8-21/h3-6,19H,7-12H2,1-2H3. The van der Waals surface area contributed by atoms with Gasteiger partial charge in [0.1, 0.15) is 0 Å². The number of amides is 1. The van der Waals surface area contributed by atoms with Gasteiger partial charge < -0.3 is 14.6 Å². The first-order valence-corrected chi connectivity index (χ1v) is 8.21. The van der Waals surface area contributed by atoms with Crippen molar-refractivity contribution in [3.8, 4) is 0 Å². The molecule has 128 valence electrons. The Bertz CT molecular complexity index is 747. The number of Topliss-reactive ketones (excluding diaryl/α,β-unsaturated/α-hetero) is 1. The number of aromatic nitrogens is 1. The Labute approximate surface area is 141 Å². The number of carbonyl (C=O) groups excluding carboxylic acids is 2. The van der Waals surface area contributed by atoms with Crippen LogP contribution in [0.4, 0.5) is 0 Å². The van der Waals surface area contributed by atoms with Crippen molar-refractivity contribution in [1.29, 1.82) is 0 Å². The number of aryl methyl sites for hydroxylation is 1. The van der Waals surface area contributed by atoms with Crippen LogP contribution in [0.15, 0.2) is 24.3 Å². The third kappa shape index (κ3) is 3.49. The zero-order valence-electron chi connectivity index (χ0n) is 14.2. The first kappa shape index (κ1) is 16.7. The van der Waals surface area contributed by atoms with Crippen LogP contribution in [-0.2, 0) is 9.53 Å². The third-order valence-corrected chi connectivity index (χ3v) is 4.35. The summed E-state index contributed by atoms with van der Waals surface area (Å²) >= 11 is 0. The van der Waals surface area contributed by atoms with E-state index < -0.39 is 0 Å².